The van der Waals surface area contributed by atoms with Gasteiger partial charge in [-0.2, -0.15) is 0 Å². The van der Waals surface area contributed by atoms with Crippen molar-refractivity contribution in [3.63, 3.8) is 0 Å². The van der Waals surface area contributed by atoms with Gasteiger partial charge in [-0.25, -0.2) is 4.98 Å². The van der Waals surface area contributed by atoms with Crippen LogP contribution in [-0.4, -0.2) is 14.7 Å². The first-order chi connectivity index (χ1) is 12.7. The van der Waals surface area contributed by atoms with E-state index in [1.54, 1.807) is 34.9 Å². The van der Waals surface area contributed by atoms with Gasteiger partial charge in [0.25, 0.3) is 5.56 Å². The Balaban J connectivity index is 1.95. The Morgan fingerprint density at radius 1 is 0.808 bits per heavy atom. The van der Waals surface area contributed by atoms with E-state index in [1.807, 2.05) is 60.7 Å². The molecule has 0 aliphatic heterocycles. The summed E-state index contributed by atoms with van der Waals surface area (Å²) >= 11 is 0. The molecule has 4 heteroatoms. The second-order valence-corrected chi connectivity index (χ2v) is 5.89. The van der Waals surface area contributed by atoms with E-state index in [0.717, 1.165) is 5.56 Å². The molecule has 0 aliphatic rings. The molecule has 0 saturated carbocycles. The number of rotatable bonds is 3. The van der Waals surface area contributed by atoms with Crippen molar-refractivity contribution >= 4 is 23.1 Å². The maximum atomic E-state index is 13.1. The minimum Gasteiger partial charge on any atom is -0.508 e. The topological polar surface area (TPSA) is 55.1 Å². The molecule has 0 aliphatic carbocycles. The average Bonchev–Trinajstić information content (AvgIpc) is 2.68. The Hall–Kier alpha value is -3.66. The highest BCUT2D eigenvalue weighted by Gasteiger charge is 2.10. The predicted octanol–water partition coefficient (Wildman–Crippen LogP) is 4.26. The van der Waals surface area contributed by atoms with Gasteiger partial charge in [0.15, 0.2) is 0 Å². The number of phenolic OH excluding ortho intramolecular Hbond substituents is 1. The van der Waals surface area contributed by atoms with E-state index in [2.05, 4.69) is 4.98 Å². The number of nitrogens with zero attached hydrogens (tertiary/aromatic N) is 2. The quantitative estimate of drug-likeness (QED) is 0.606. The first kappa shape index (κ1) is 15.8. The van der Waals surface area contributed by atoms with Crippen molar-refractivity contribution in [3.05, 3.63) is 101 Å². The molecule has 0 bridgehead atoms. The summed E-state index contributed by atoms with van der Waals surface area (Å²) in [7, 11) is 0. The van der Waals surface area contributed by atoms with Gasteiger partial charge >= 0.3 is 0 Å². The van der Waals surface area contributed by atoms with E-state index in [-0.39, 0.29) is 11.3 Å². The molecular formula is C22H16N2O2. The summed E-state index contributed by atoms with van der Waals surface area (Å²) in [5, 5.41) is 10.1. The molecule has 4 rings (SSSR count). The number of aromatic nitrogens is 2. The van der Waals surface area contributed by atoms with Gasteiger partial charge in [0, 0.05) is 0 Å². The smallest absolute Gasteiger partial charge is 0.266 e. The number of benzene rings is 3. The summed E-state index contributed by atoms with van der Waals surface area (Å²) in [5.74, 6) is 0.681. The van der Waals surface area contributed by atoms with Crippen LogP contribution in [-0.2, 0) is 0 Å². The Bertz CT molecular complexity index is 1140. The standard InChI is InChI=1S/C22H16N2O2/c25-18-13-11-17(12-14-18)24-21(15-10-16-6-2-1-3-7-16)23-20-9-5-4-8-19(20)22(24)26/h1-15,25H/b15-10+. The van der Waals surface area contributed by atoms with Gasteiger partial charge in [-0.05, 0) is 48.0 Å². The SMILES string of the molecule is O=c1c2ccccc2nc(/C=C/c2ccccc2)n1-c1ccc(O)cc1. The van der Waals surface area contributed by atoms with E-state index in [1.165, 1.54) is 0 Å². The van der Waals surface area contributed by atoms with Crippen LogP contribution < -0.4 is 5.56 Å². The fourth-order valence-corrected chi connectivity index (χ4v) is 2.85. The Labute approximate surface area is 150 Å². The highest BCUT2D eigenvalue weighted by atomic mass is 16.3. The summed E-state index contributed by atoms with van der Waals surface area (Å²) in [6.45, 7) is 0. The molecule has 0 radical (unpaired) electrons. The highest BCUT2D eigenvalue weighted by Crippen LogP contribution is 2.17. The minimum absolute atomic E-state index is 0.144. The Morgan fingerprint density at radius 3 is 2.27 bits per heavy atom. The van der Waals surface area contributed by atoms with Crippen molar-refractivity contribution in [3.8, 4) is 11.4 Å². The van der Waals surface area contributed by atoms with Crippen molar-refractivity contribution in [1.29, 1.82) is 0 Å². The van der Waals surface area contributed by atoms with E-state index in [4.69, 9.17) is 0 Å². The molecule has 3 aromatic carbocycles. The van der Waals surface area contributed by atoms with Gasteiger partial charge in [0.2, 0.25) is 0 Å². The zero-order valence-electron chi connectivity index (χ0n) is 13.9. The van der Waals surface area contributed by atoms with Gasteiger partial charge in [-0.15, -0.1) is 0 Å². The third-order valence-electron chi connectivity index (χ3n) is 4.13. The molecule has 1 aromatic heterocycles. The molecule has 0 atom stereocenters. The lowest BCUT2D eigenvalue weighted by atomic mass is 10.2. The molecule has 0 amide bonds. The molecule has 0 saturated heterocycles. The van der Waals surface area contributed by atoms with Crippen LogP contribution in [0.1, 0.15) is 11.4 Å². The summed E-state index contributed by atoms with van der Waals surface area (Å²) in [5.41, 5.74) is 2.18. The van der Waals surface area contributed by atoms with Crippen LogP contribution >= 0.6 is 0 Å². The average molecular weight is 340 g/mol. The lowest BCUT2D eigenvalue weighted by Gasteiger charge is -2.11. The first-order valence-electron chi connectivity index (χ1n) is 8.27. The number of hydrogen-bond acceptors (Lipinski definition) is 3. The van der Waals surface area contributed by atoms with Crippen LogP contribution in [0.4, 0.5) is 0 Å². The Kier molecular flexibility index (Phi) is 4.07. The van der Waals surface area contributed by atoms with Gasteiger partial charge in [-0.3, -0.25) is 9.36 Å². The van der Waals surface area contributed by atoms with Gasteiger partial charge in [0.05, 0.1) is 16.6 Å². The third-order valence-corrected chi connectivity index (χ3v) is 4.13. The molecule has 4 aromatic rings. The first-order valence-corrected chi connectivity index (χ1v) is 8.27. The lowest BCUT2D eigenvalue weighted by Crippen LogP contribution is -2.22. The monoisotopic (exact) mass is 340 g/mol. The largest absolute Gasteiger partial charge is 0.508 e. The van der Waals surface area contributed by atoms with E-state index >= 15 is 0 Å². The normalized spacial score (nSPS) is 11.2. The van der Waals surface area contributed by atoms with Gasteiger partial charge in [0.1, 0.15) is 11.6 Å². The third kappa shape index (κ3) is 3.00. The molecule has 26 heavy (non-hydrogen) atoms. The predicted molar refractivity (Wildman–Crippen MR) is 104 cm³/mol. The lowest BCUT2D eigenvalue weighted by molar-refractivity contribution is 0.475. The van der Waals surface area contributed by atoms with Gasteiger partial charge in [-0.1, -0.05) is 48.5 Å². The van der Waals surface area contributed by atoms with Crippen molar-refractivity contribution < 1.29 is 5.11 Å². The van der Waals surface area contributed by atoms with Crippen LogP contribution in [0.15, 0.2) is 83.7 Å². The summed E-state index contributed by atoms with van der Waals surface area (Å²) in [6, 6.07) is 23.7. The van der Waals surface area contributed by atoms with E-state index in [9.17, 15) is 9.90 Å². The van der Waals surface area contributed by atoms with Gasteiger partial charge < -0.3 is 5.11 Å². The van der Waals surface area contributed by atoms with E-state index in [0.29, 0.717) is 22.4 Å². The highest BCUT2D eigenvalue weighted by molar-refractivity contribution is 5.80. The van der Waals surface area contributed by atoms with Crippen LogP contribution in [0.2, 0.25) is 0 Å². The second kappa shape index (κ2) is 6.69. The molecule has 1 N–H and O–H groups in total. The zero-order valence-corrected chi connectivity index (χ0v) is 13.9. The molecular weight excluding hydrogens is 324 g/mol. The number of para-hydroxylation sites is 1. The van der Waals surface area contributed by atoms with Crippen LogP contribution in [0, 0.1) is 0 Å². The number of hydrogen-bond donors (Lipinski definition) is 1. The molecule has 1 heterocycles. The van der Waals surface area contributed by atoms with Crippen molar-refractivity contribution in [2.24, 2.45) is 0 Å². The summed E-state index contributed by atoms with van der Waals surface area (Å²) in [4.78, 5) is 17.7. The van der Waals surface area contributed by atoms with Crippen LogP contribution in [0.3, 0.4) is 0 Å². The zero-order chi connectivity index (χ0) is 17.9. The molecule has 4 nitrogen and oxygen atoms in total. The van der Waals surface area contributed by atoms with Crippen LogP contribution in [0.25, 0.3) is 28.7 Å². The number of aromatic hydroxyl groups is 1. The number of phenols is 1. The van der Waals surface area contributed by atoms with Crippen molar-refractivity contribution in [2.75, 3.05) is 0 Å². The summed E-state index contributed by atoms with van der Waals surface area (Å²) < 4.78 is 1.56. The molecule has 0 fully saturated rings. The fourth-order valence-electron chi connectivity index (χ4n) is 2.85. The minimum atomic E-state index is -0.144. The van der Waals surface area contributed by atoms with Crippen LogP contribution in [0.5, 0.6) is 5.75 Å². The maximum absolute atomic E-state index is 13.1. The maximum Gasteiger partial charge on any atom is 0.266 e. The number of fused-ring (bicyclic) bond motifs is 1. The Morgan fingerprint density at radius 2 is 1.50 bits per heavy atom. The second-order valence-electron chi connectivity index (χ2n) is 5.89. The van der Waals surface area contributed by atoms with Crippen molar-refractivity contribution in [1.82, 2.24) is 9.55 Å². The molecule has 0 spiro atoms. The fraction of sp³-hybridized carbons (Fsp3) is 0. The molecule has 0 unspecified atom stereocenters. The summed E-state index contributed by atoms with van der Waals surface area (Å²) in [6.07, 6.45) is 3.75. The van der Waals surface area contributed by atoms with Crippen molar-refractivity contribution in [2.45, 2.75) is 0 Å². The molecule has 126 valence electrons. The van der Waals surface area contributed by atoms with E-state index < -0.39 is 0 Å².